The van der Waals surface area contributed by atoms with E-state index in [9.17, 15) is 14.3 Å². The maximum Gasteiger partial charge on any atom is 0.336 e. The van der Waals surface area contributed by atoms with Crippen LogP contribution in [0.15, 0.2) is 30.6 Å². The molecular formula is C19H20FNO3. The third-order valence-corrected chi connectivity index (χ3v) is 4.75. The number of methoxy groups -OCH3 is 1. The van der Waals surface area contributed by atoms with Crippen LogP contribution in [0.2, 0.25) is 0 Å². The Bertz CT molecular complexity index is 760. The summed E-state index contributed by atoms with van der Waals surface area (Å²) in [7, 11) is 1.47. The van der Waals surface area contributed by atoms with E-state index in [-0.39, 0.29) is 17.5 Å². The van der Waals surface area contributed by atoms with E-state index >= 15 is 0 Å². The van der Waals surface area contributed by atoms with E-state index in [0.717, 1.165) is 42.4 Å². The average molecular weight is 329 g/mol. The lowest BCUT2D eigenvalue weighted by Crippen LogP contribution is -2.13. The van der Waals surface area contributed by atoms with Crippen LogP contribution in [0.1, 0.15) is 52.2 Å². The summed E-state index contributed by atoms with van der Waals surface area (Å²) >= 11 is 0. The summed E-state index contributed by atoms with van der Waals surface area (Å²) in [5.74, 6) is -0.756. The molecule has 0 spiro atoms. The number of hydrogen-bond donors (Lipinski definition) is 1. The number of aryl methyl sites for hydroxylation is 2. The predicted octanol–water partition coefficient (Wildman–Crippen LogP) is 3.98. The van der Waals surface area contributed by atoms with Gasteiger partial charge in [0, 0.05) is 12.4 Å². The first kappa shape index (κ1) is 16.4. The van der Waals surface area contributed by atoms with Crippen molar-refractivity contribution in [3.05, 3.63) is 58.7 Å². The Morgan fingerprint density at radius 2 is 2.29 bits per heavy atom. The number of ether oxygens (including phenoxy) is 1. The number of nitrogens with zero attached hydrogens (tertiary/aromatic N) is 1. The van der Waals surface area contributed by atoms with Gasteiger partial charge in [-0.3, -0.25) is 4.98 Å². The summed E-state index contributed by atoms with van der Waals surface area (Å²) in [6.07, 6.45) is 7.47. The maximum atomic E-state index is 14.1. The highest BCUT2D eigenvalue weighted by Crippen LogP contribution is 2.37. The minimum absolute atomic E-state index is 0.232. The molecule has 1 aliphatic rings. The lowest BCUT2D eigenvalue weighted by molar-refractivity contribution is 0.0695. The Morgan fingerprint density at radius 1 is 1.46 bits per heavy atom. The van der Waals surface area contributed by atoms with Crippen molar-refractivity contribution < 1.29 is 19.0 Å². The molecule has 0 bridgehead atoms. The largest absolute Gasteiger partial charge is 0.494 e. The molecule has 24 heavy (non-hydrogen) atoms. The van der Waals surface area contributed by atoms with Gasteiger partial charge in [-0.05, 0) is 72.9 Å². The summed E-state index contributed by atoms with van der Waals surface area (Å²) in [5, 5.41) is 9.26. The van der Waals surface area contributed by atoms with Crippen LogP contribution in [0.25, 0.3) is 0 Å². The molecule has 0 fully saturated rings. The Labute approximate surface area is 140 Å². The van der Waals surface area contributed by atoms with Crippen LogP contribution in [0.3, 0.4) is 0 Å². The van der Waals surface area contributed by atoms with Crippen LogP contribution in [0, 0.1) is 5.82 Å². The van der Waals surface area contributed by atoms with Crippen LogP contribution in [-0.4, -0.2) is 23.2 Å². The molecule has 4 nitrogen and oxygen atoms in total. The van der Waals surface area contributed by atoms with E-state index < -0.39 is 5.97 Å². The van der Waals surface area contributed by atoms with Crippen LogP contribution < -0.4 is 4.74 Å². The Morgan fingerprint density at radius 3 is 3.04 bits per heavy atom. The summed E-state index contributed by atoms with van der Waals surface area (Å²) < 4.78 is 19.1. The summed E-state index contributed by atoms with van der Waals surface area (Å²) in [6.45, 7) is 0. The van der Waals surface area contributed by atoms with Crippen molar-refractivity contribution in [2.75, 3.05) is 7.11 Å². The molecule has 0 unspecified atom stereocenters. The average Bonchev–Trinajstić information content (AvgIpc) is 2.59. The fourth-order valence-electron chi connectivity index (χ4n) is 3.52. The van der Waals surface area contributed by atoms with E-state index in [1.54, 1.807) is 18.3 Å². The number of fused-ring (bicyclic) bond motifs is 1. The van der Waals surface area contributed by atoms with E-state index in [4.69, 9.17) is 4.74 Å². The van der Waals surface area contributed by atoms with Gasteiger partial charge in [0.15, 0.2) is 11.6 Å². The number of carboxylic acid groups (broad SMARTS) is 1. The van der Waals surface area contributed by atoms with Crippen molar-refractivity contribution in [3.63, 3.8) is 0 Å². The number of aromatic carboxylic acids is 1. The van der Waals surface area contributed by atoms with Crippen LogP contribution in [0.4, 0.5) is 4.39 Å². The van der Waals surface area contributed by atoms with E-state index in [1.807, 2.05) is 0 Å². The first-order chi connectivity index (χ1) is 11.6. The second-order valence-electron chi connectivity index (χ2n) is 6.15. The molecule has 2 aromatic rings. The summed E-state index contributed by atoms with van der Waals surface area (Å²) in [4.78, 5) is 15.3. The second-order valence-corrected chi connectivity index (χ2v) is 6.15. The van der Waals surface area contributed by atoms with Gasteiger partial charge in [0.05, 0.1) is 12.7 Å². The molecule has 1 aromatic heterocycles. The van der Waals surface area contributed by atoms with Gasteiger partial charge in [-0.25, -0.2) is 9.18 Å². The first-order valence-corrected chi connectivity index (χ1v) is 8.12. The molecule has 1 heterocycles. The molecule has 1 N–H and O–H groups in total. The topological polar surface area (TPSA) is 59.4 Å². The van der Waals surface area contributed by atoms with Crippen molar-refractivity contribution >= 4 is 5.97 Å². The number of aromatic nitrogens is 1. The van der Waals surface area contributed by atoms with Gasteiger partial charge in [0.1, 0.15) is 0 Å². The predicted molar refractivity (Wildman–Crippen MR) is 88.1 cm³/mol. The van der Waals surface area contributed by atoms with Crippen molar-refractivity contribution in [3.8, 4) is 5.75 Å². The smallest absolute Gasteiger partial charge is 0.336 e. The molecule has 0 aliphatic heterocycles. The van der Waals surface area contributed by atoms with Crippen molar-refractivity contribution in [1.29, 1.82) is 0 Å². The lowest BCUT2D eigenvalue weighted by atomic mass is 9.79. The Hall–Kier alpha value is -2.43. The molecule has 0 saturated carbocycles. The minimum atomic E-state index is -0.938. The molecular weight excluding hydrogens is 309 g/mol. The zero-order chi connectivity index (χ0) is 17.1. The van der Waals surface area contributed by atoms with Crippen molar-refractivity contribution in [2.45, 2.75) is 38.0 Å². The highest BCUT2D eigenvalue weighted by atomic mass is 19.1. The zero-order valence-corrected chi connectivity index (χ0v) is 13.6. The van der Waals surface area contributed by atoms with Crippen LogP contribution in [-0.2, 0) is 12.8 Å². The number of hydrogen-bond acceptors (Lipinski definition) is 3. The standard InChI is InChI=1S/C19H20FNO3/c1-24-18-9-13-4-2-3-12(16(13)10-17(18)20)5-6-14-11-21-8-7-15(14)19(22)23/h7-12H,2-6H2,1H3,(H,22,23)/t12-/m1/s1. The van der Waals surface area contributed by atoms with Crippen LogP contribution >= 0.6 is 0 Å². The van der Waals surface area contributed by atoms with Crippen molar-refractivity contribution in [2.24, 2.45) is 0 Å². The first-order valence-electron chi connectivity index (χ1n) is 8.12. The summed E-state index contributed by atoms with van der Waals surface area (Å²) in [5.41, 5.74) is 3.18. The maximum absolute atomic E-state index is 14.1. The minimum Gasteiger partial charge on any atom is -0.494 e. The lowest BCUT2D eigenvalue weighted by Gasteiger charge is -2.26. The number of pyridine rings is 1. The number of carbonyl (C=O) groups is 1. The third kappa shape index (κ3) is 3.25. The molecule has 0 saturated heterocycles. The fourth-order valence-corrected chi connectivity index (χ4v) is 3.52. The second kappa shape index (κ2) is 6.99. The molecule has 1 aromatic carbocycles. The molecule has 1 aliphatic carbocycles. The molecule has 3 rings (SSSR count). The fraction of sp³-hybridized carbons (Fsp3) is 0.368. The SMILES string of the molecule is COc1cc2c(cc1F)[C@@H](CCc1cnccc1C(=O)O)CCC2. The molecule has 126 valence electrons. The zero-order valence-electron chi connectivity index (χ0n) is 13.6. The monoisotopic (exact) mass is 329 g/mol. The number of benzene rings is 1. The molecule has 0 amide bonds. The van der Waals surface area contributed by atoms with Gasteiger partial charge in [0.2, 0.25) is 0 Å². The van der Waals surface area contributed by atoms with Gasteiger partial charge in [-0.2, -0.15) is 0 Å². The highest BCUT2D eigenvalue weighted by Gasteiger charge is 2.23. The molecule has 1 atom stereocenters. The number of halogens is 1. The van der Waals surface area contributed by atoms with Gasteiger partial charge < -0.3 is 9.84 Å². The summed E-state index contributed by atoms with van der Waals surface area (Å²) in [6, 6.07) is 4.90. The molecule has 5 heteroatoms. The number of rotatable bonds is 5. The molecule has 0 radical (unpaired) electrons. The van der Waals surface area contributed by atoms with Crippen molar-refractivity contribution in [1.82, 2.24) is 4.98 Å². The normalized spacial score (nSPS) is 16.5. The van der Waals surface area contributed by atoms with Crippen LogP contribution in [0.5, 0.6) is 5.75 Å². The quantitative estimate of drug-likeness (QED) is 0.901. The van der Waals surface area contributed by atoms with Gasteiger partial charge in [-0.1, -0.05) is 0 Å². The Balaban J connectivity index is 1.81. The number of carboxylic acids is 1. The van der Waals surface area contributed by atoms with E-state index in [2.05, 4.69) is 4.98 Å². The van der Waals surface area contributed by atoms with Gasteiger partial charge in [-0.15, -0.1) is 0 Å². The van der Waals surface area contributed by atoms with Gasteiger partial charge in [0.25, 0.3) is 0 Å². The van der Waals surface area contributed by atoms with Gasteiger partial charge >= 0.3 is 5.97 Å². The Kier molecular flexibility index (Phi) is 4.79. The van der Waals surface area contributed by atoms with E-state index in [0.29, 0.717) is 12.0 Å². The van der Waals surface area contributed by atoms with E-state index in [1.165, 1.54) is 19.4 Å². The highest BCUT2D eigenvalue weighted by molar-refractivity contribution is 5.89. The third-order valence-electron chi connectivity index (χ3n) is 4.75.